The average molecular weight is 327 g/mol. The number of nitrogens with zero attached hydrogens (tertiary/aromatic N) is 2. The number of allylic oxidation sites excluding steroid dienone is 4. The SMILES string of the molecule is C1=C2OC3=CCCC=C3N(CCCCN3CCNCC3)C2=CCC1. The standard InChI is InChI=1S/C20H29N3O/c1-3-9-19-17(7-1)23(18-8-2-4-10-20(18)24-19)14-6-5-13-22-15-11-21-12-16-22/h7-10,21H,1-6,11-16H2. The van der Waals surface area contributed by atoms with Gasteiger partial charge in [-0.3, -0.25) is 0 Å². The summed E-state index contributed by atoms with van der Waals surface area (Å²) in [6.07, 6.45) is 16.2. The quantitative estimate of drug-likeness (QED) is 0.785. The largest absolute Gasteiger partial charge is 0.454 e. The number of nitrogens with one attached hydrogen (secondary N) is 1. The summed E-state index contributed by atoms with van der Waals surface area (Å²) in [6, 6.07) is 0. The predicted molar refractivity (Wildman–Crippen MR) is 97.1 cm³/mol. The lowest BCUT2D eigenvalue weighted by Crippen LogP contribution is -2.43. The predicted octanol–water partition coefficient (Wildman–Crippen LogP) is 3.13. The van der Waals surface area contributed by atoms with Crippen LogP contribution in [0, 0.1) is 0 Å². The van der Waals surface area contributed by atoms with Gasteiger partial charge in [0.2, 0.25) is 0 Å². The Bertz CT molecular complexity index is 544. The minimum absolute atomic E-state index is 1.08. The van der Waals surface area contributed by atoms with Crippen molar-refractivity contribution in [3.8, 4) is 0 Å². The lowest BCUT2D eigenvalue weighted by Gasteiger charge is -2.39. The molecule has 4 rings (SSSR count). The molecule has 2 aliphatic carbocycles. The van der Waals surface area contributed by atoms with Gasteiger partial charge in [-0.15, -0.1) is 0 Å². The molecule has 0 radical (unpaired) electrons. The van der Waals surface area contributed by atoms with E-state index in [0.29, 0.717) is 0 Å². The third-order valence-corrected chi connectivity index (χ3v) is 5.29. The van der Waals surface area contributed by atoms with Crippen molar-refractivity contribution < 1.29 is 4.74 Å². The Morgan fingerprint density at radius 3 is 2.04 bits per heavy atom. The zero-order valence-electron chi connectivity index (χ0n) is 14.6. The van der Waals surface area contributed by atoms with Crippen molar-refractivity contribution in [1.82, 2.24) is 15.1 Å². The Labute approximate surface area is 145 Å². The van der Waals surface area contributed by atoms with Gasteiger partial charge in [0.1, 0.15) is 11.5 Å². The maximum absolute atomic E-state index is 6.15. The molecule has 24 heavy (non-hydrogen) atoms. The summed E-state index contributed by atoms with van der Waals surface area (Å²) >= 11 is 0. The molecular weight excluding hydrogens is 298 g/mol. The molecule has 2 heterocycles. The van der Waals surface area contributed by atoms with Gasteiger partial charge in [0.25, 0.3) is 0 Å². The van der Waals surface area contributed by atoms with E-state index in [1.165, 1.54) is 43.9 Å². The van der Waals surface area contributed by atoms with Gasteiger partial charge in [-0.05, 0) is 57.2 Å². The van der Waals surface area contributed by atoms with Gasteiger partial charge in [0.05, 0.1) is 11.4 Å². The molecule has 0 amide bonds. The van der Waals surface area contributed by atoms with Crippen molar-refractivity contribution in [3.05, 3.63) is 47.2 Å². The molecule has 4 nitrogen and oxygen atoms in total. The first kappa shape index (κ1) is 16.0. The van der Waals surface area contributed by atoms with Crippen LogP contribution in [0.4, 0.5) is 0 Å². The number of unbranched alkanes of at least 4 members (excludes halogenated alkanes) is 1. The van der Waals surface area contributed by atoms with E-state index in [0.717, 1.165) is 56.8 Å². The summed E-state index contributed by atoms with van der Waals surface area (Å²) < 4.78 is 6.15. The van der Waals surface area contributed by atoms with Crippen LogP contribution in [0.15, 0.2) is 47.2 Å². The summed E-state index contributed by atoms with van der Waals surface area (Å²) in [5, 5.41) is 3.43. The van der Waals surface area contributed by atoms with Crippen molar-refractivity contribution in [2.24, 2.45) is 0 Å². The van der Waals surface area contributed by atoms with Gasteiger partial charge in [-0.25, -0.2) is 0 Å². The number of piperazine rings is 1. The lowest BCUT2D eigenvalue weighted by atomic mass is 10.0. The van der Waals surface area contributed by atoms with Crippen LogP contribution < -0.4 is 5.32 Å². The second-order valence-corrected chi connectivity index (χ2v) is 7.02. The van der Waals surface area contributed by atoms with Crippen LogP contribution in [-0.2, 0) is 4.74 Å². The average Bonchev–Trinajstić information content (AvgIpc) is 2.65. The summed E-state index contributed by atoms with van der Waals surface area (Å²) in [4.78, 5) is 5.10. The van der Waals surface area contributed by atoms with E-state index in [4.69, 9.17) is 4.74 Å². The Balaban J connectivity index is 1.38. The Morgan fingerprint density at radius 2 is 1.38 bits per heavy atom. The number of ether oxygens (including phenoxy) is 1. The van der Waals surface area contributed by atoms with Crippen molar-refractivity contribution >= 4 is 0 Å². The molecule has 2 saturated heterocycles. The fourth-order valence-electron chi connectivity index (χ4n) is 3.98. The van der Waals surface area contributed by atoms with E-state index in [1.54, 1.807) is 0 Å². The zero-order chi connectivity index (χ0) is 16.2. The fraction of sp³-hybridized carbons (Fsp3) is 0.600. The molecule has 2 aliphatic heterocycles. The first-order valence-corrected chi connectivity index (χ1v) is 9.62. The zero-order valence-corrected chi connectivity index (χ0v) is 14.6. The number of hydrogen-bond acceptors (Lipinski definition) is 4. The van der Waals surface area contributed by atoms with Crippen LogP contribution >= 0.6 is 0 Å². The molecule has 0 unspecified atom stereocenters. The highest BCUT2D eigenvalue weighted by Crippen LogP contribution is 2.39. The molecule has 130 valence electrons. The van der Waals surface area contributed by atoms with Crippen LogP contribution in [0.1, 0.15) is 38.5 Å². The van der Waals surface area contributed by atoms with Gasteiger partial charge in [-0.2, -0.15) is 0 Å². The van der Waals surface area contributed by atoms with Crippen LogP contribution in [0.2, 0.25) is 0 Å². The van der Waals surface area contributed by atoms with Crippen molar-refractivity contribution in [3.63, 3.8) is 0 Å². The molecule has 4 heteroatoms. The van der Waals surface area contributed by atoms with Crippen LogP contribution in [0.5, 0.6) is 0 Å². The Morgan fingerprint density at radius 1 is 0.792 bits per heavy atom. The van der Waals surface area contributed by atoms with Crippen LogP contribution in [-0.4, -0.2) is 49.1 Å². The van der Waals surface area contributed by atoms with Crippen LogP contribution in [0.3, 0.4) is 0 Å². The number of hydrogen-bond donors (Lipinski definition) is 1. The molecule has 0 aromatic carbocycles. The molecule has 0 aromatic heterocycles. The minimum atomic E-state index is 1.08. The maximum Gasteiger partial charge on any atom is 0.146 e. The topological polar surface area (TPSA) is 27.7 Å². The summed E-state index contributed by atoms with van der Waals surface area (Å²) in [6.45, 7) is 7.02. The van der Waals surface area contributed by atoms with Gasteiger partial charge >= 0.3 is 0 Å². The fourth-order valence-corrected chi connectivity index (χ4v) is 3.98. The molecule has 4 aliphatic rings. The number of rotatable bonds is 5. The highest BCUT2D eigenvalue weighted by molar-refractivity contribution is 5.43. The third kappa shape index (κ3) is 3.45. The number of morpholine rings is 1. The normalized spacial score (nSPS) is 24.1. The molecule has 0 atom stereocenters. The first-order chi connectivity index (χ1) is 11.9. The van der Waals surface area contributed by atoms with Crippen LogP contribution in [0.25, 0.3) is 0 Å². The van der Waals surface area contributed by atoms with E-state index < -0.39 is 0 Å². The highest BCUT2D eigenvalue weighted by Gasteiger charge is 2.30. The summed E-state index contributed by atoms with van der Waals surface area (Å²) in [5.74, 6) is 2.15. The molecular formula is C20H29N3O. The van der Waals surface area contributed by atoms with Crippen molar-refractivity contribution in [2.45, 2.75) is 38.5 Å². The summed E-state index contributed by atoms with van der Waals surface area (Å²) in [5.41, 5.74) is 2.60. The van der Waals surface area contributed by atoms with Gasteiger partial charge < -0.3 is 19.9 Å². The molecule has 0 aromatic rings. The molecule has 1 N–H and O–H groups in total. The molecule has 0 spiro atoms. The molecule has 0 saturated carbocycles. The molecule has 2 fully saturated rings. The lowest BCUT2D eigenvalue weighted by molar-refractivity contribution is 0.212. The minimum Gasteiger partial charge on any atom is -0.454 e. The van der Waals surface area contributed by atoms with Gasteiger partial charge in [0, 0.05) is 32.7 Å². The summed E-state index contributed by atoms with van der Waals surface area (Å²) in [7, 11) is 0. The van der Waals surface area contributed by atoms with E-state index >= 15 is 0 Å². The highest BCUT2D eigenvalue weighted by atomic mass is 16.5. The van der Waals surface area contributed by atoms with E-state index in [1.807, 2.05) is 0 Å². The maximum atomic E-state index is 6.15. The third-order valence-electron chi connectivity index (χ3n) is 5.29. The second-order valence-electron chi connectivity index (χ2n) is 7.02. The van der Waals surface area contributed by atoms with Crippen molar-refractivity contribution in [2.75, 3.05) is 39.3 Å². The molecule has 0 bridgehead atoms. The first-order valence-electron chi connectivity index (χ1n) is 9.62. The Kier molecular flexibility index (Phi) is 5.04. The van der Waals surface area contributed by atoms with Crippen molar-refractivity contribution in [1.29, 1.82) is 0 Å². The monoisotopic (exact) mass is 327 g/mol. The number of fused-ring (bicyclic) bond motifs is 2. The van der Waals surface area contributed by atoms with E-state index in [-0.39, 0.29) is 0 Å². The smallest absolute Gasteiger partial charge is 0.146 e. The van der Waals surface area contributed by atoms with Gasteiger partial charge in [-0.1, -0.05) is 12.2 Å². The van der Waals surface area contributed by atoms with E-state index in [2.05, 4.69) is 39.4 Å². The van der Waals surface area contributed by atoms with E-state index in [9.17, 15) is 0 Å². The Hall–Kier alpha value is -1.52. The second kappa shape index (κ2) is 7.58. The van der Waals surface area contributed by atoms with Gasteiger partial charge in [0.15, 0.2) is 0 Å².